The summed E-state index contributed by atoms with van der Waals surface area (Å²) in [6.45, 7) is 2.06. The van der Waals surface area contributed by atoms with E-state index in [-0.39, 0.29) is 17.3 Å². The Hall–Kier alpha value is -2.91. The molecule has 4 rings (SSSR count). The van der Waals surface area contributed by atoms with Crippen molar-refractivity contribution in [2.24, 2.45) is 7.05 Å². The first kappa shape index (κ1) is 20.4. The molecule has 1 amide bonds. The molecule has 0 aliphatic carbocycles. The summed E-state index contributed by atoms with van der Waals surface area (Å²) in [5.41, 5.74) is 1.28. The van der Waals surface area contributed by atoms with Crippen LogP contribution in [0.3, 0.4) is 0 Å². The monoisotopic (exact) mass is 443 g/mol. The highest BCUT2D eigenvalue weighted by Crippen LogP contribution is 2.32. The van der Waals surface area contributed by atoms with Crippen molar-refractivity contribution in [2.45, 2.75) is 23.9 Å². The van der Waals surface area contributed by atoms with E-state index in [4.69, 9.17) is 4.42 Å². The number of hydrogen-bond donors (Lipinski definition) is 1. The molecule has 3 aromatic heterocycles. The molecule has 0 spiro atoms. The van der Waals surface area contributed by atoms with Crippen molar-refractivity contribution in [3.05, 3.63) is 70.0 Å². The zero-order valence-corrected chi connectivity index (χ0v) is 17.8. The number of carbonyl (C=O) groups excluding carboxylic acids is 1. The Morgan fingerprint density at radius 2 is 2.10 bits per heavy atom. The first-order valence-electron chi connectivity index (χ1n) is 9.15. The Morgan fingerprint density at radius 1 is 1.33 bits per heavy atom. The van der Waals surface area contributed by atoms with Crippen LogP contribution >= 0.6 is 23.1 Å². The summed E-state index contributed by atoms with van der Waals surface area (Å²) in [4.78, 5) is 30.6. The normalized spacial score (nSPS) is 12.2. The predicted molar refractivity (Wildman–Crippen MR) is 116 cm³/mol. The van der Waals surface area contributed by atoms with Crippen LogP contribution in [0, 0.1) is 5.82 Å². The summed E-state index contributed by atoms with van der Waals surface area (Å²) in [7, 11) is 1.64. The number of hydrogen-bond acceptors (Lipinski definition) is 6. The quantitative estimate of drug-likeness (QED) is 0.357. The summed E-state index contributed by atoms with van der Waals surface area (Å²) < 4.78 is 19.9. The number of benzene rings is 1. The van der Waals surface area contributed by atoms with Gasteiger partial charge in [-0.05, 0) is 36.8 Å². The zero-order chi connectivity index (χ0) is 21.3. The van der Waals surface area contributed by atoms with Crippen molar-refractivity contribution < 1.29 is 13.6 Å². The molecule has 0 unspecified atom stereocenters. The van der Waals surface area contributed by atoms with Gasteiger partial charge in [-0.2, -0.15) is 0 Å². The van der Waals surface area contributed by atoms with Gasteiger partial charge in [-0.3, -0.25) is 14.2 Å². The van der Waals surface area contributed by atoms with Crippen molar-refractivity contribution in [2.75, 3.05) is 0 Å². The first-order valence-corrected chi connectivity index (χ1v) is 10.9. The largest absolute Gasteiger partial charge is 0.467 e. The van der Waals surface area contributed by atoms with Crippen molar-refractivity contribution in [1.29, 1.82) is 0 Å². The number of thioether (sulfide) groups is 1. The van der Waals surface area contributed by atoms with Crippen molar-refractivity contribution >= 4 is 39.2 Å². The van der Waals surface area contributed by atoms with Gasteiger partial charge in [0.25, 0.3) is 5.56 Å². The third kappa shape index (κ3) is 4.03. The molecule has 9 heteroatoms. The fourth-order valence-corrected chi connectivity index (χ4v) is 4.83. The van der Waals surface area contributed by atoms with Crippen LogP contribution in [-0.2, 0) is 18.4 Å². The Morgan fingerprint density at radius 3 is 2.80 bits per heavy atom. The number of fused-ring (bicyclic) bond motifs is 1. The number of halogens is 1. The fraction of sp³-hybridized carbons (Fsp3) is 0.190. The van der Waals surface area contributed by atoms with Crippen LogP contribution in [0.2, 0.25) is 0 Å². The number of nitrogens with one attached hydrogen (secondary N) is 1. The lowest BCUT2D eigenvalue weighted by Gasteiger charge is -2.13. The van der Waals surface area contributed by atoms with Gasteiger partial charge in [0.2, 0.25) is 5.91 Å². The van der Waals surface area contributed by atoms with Crippen LogP contribution in [0.25, 0.3) is 21.3 Å². The second-order valence-electron chi connectivity index (χ2n) is 6.65. The summed E-state index contributed by atoms with van der Waals surface area (Å²) in [6, 6.07) is 9.56. The molecule has 0 aliphatic rings. The molecule has 1 atom stereocenters. The van der Waals surface area contributed by atoms with Crippen LogP contribution in [0.1, 0.15) is 12.7 Å². The van der Waals surface area contributed by atoms with Gasteiger partial charge < -0.3 is 9.73 Å². The van der Waals surface area contributed by atoms with E-state index in [1.54, 1.807) is 44.5 Å². The topological polar surface area (TPSA) is 77.1 Å². The fourth-order valence-electron chi connectivity index (χ4n) is 2.94. The van der Waals surface area contributed by atoms with Crippen molar-refractivity contribution in [3.8, 4) is 11.1 Å². The third-order valence-corrected chi connectivity index (χ3v) is 6.61. The molecule has 154 valence electrons. The van der Waals surface area contributed by atoms with E-state index in [0.29, 0.717) is 27.7 Å². The van der Waals surface area contributed by atoms with E-state index in [2.05, 4.69) is 10.3 Å². The van der Waals surface area contributed by atoms with Crippen molar-refractivity contribution in [1.82, 2.24) is 14.9 Å². The lowest BCUT2D eigenvalue weighted by molar-refractivity contribution is -0.120. The highest BCUT2D eigenvalue weighted by molar-refractivity contribution is 8.00. The van der Waals surface area contributed by atoms with Crippen LogP contribution in [0.5, 0.6) is 0 Å². The van der Waals surface area contributed by atoms with Gasteiger partial charge in [0, 0.05) is 18.0 Å². The smallest absolute Gasteiger partial charge is 0.263 e. The number of carbonyl (C=O) groups is 1. The number of thiophene rings is 1. The molecule has 0 saturated heterocycles. The van der Waals surface area contributed by atoms with Crippen molar-refractivity contribution in [3.63, 3.8) is 0 Å². The SMILES string of the molecule is C[C@@H](Sc1nc2scc(-c3ccc(F)cc3)c2c(=O)n1C)C(=O)NCc1ccco1. The van der Waals surface area contributed by atoms with Crippen LogP contribution in [-0.4, -0.2) is 20.7 Å². The predicted octanol–water partition coefficient (Wildman–Crippen LogP) is 4.19. The van der Waals surface area contributed by atoms with E-state index in [0.717, 1.165) is 11.1 Å². The number of nitrogens with zero attached hydrogens (tertiary/aromatic N) is 2. The first-order chi connectivity index (χ1) is 14.4. The highest BCUT2D eigenvalue weighted by Gasteiger charge is 2.20. The van der Waals surface area contributed by atoms with Gasteiger partial charge in [0.1, 0.15) is 16.4 Å². The molecule has 6 nitrogen and oxygen atoms in total. The summed E-state index contributed by atoms with van der Waals surface area (Å²) in [5, 5.41) is 5.16. The summed E-state index contributed by atoms with van der Waals surface area (Å²) in [5.74, 6) is 0.158. The van der Waals surface area contributed by atoms with E-state index < -0.39 is 5.25 Å². The van der Waals surface area contributed by atoms with E-state index >= 15 is 0 Å². The van der Waals surface area contributed by atoms with Gasteiger partial charge in [-0.15, -0.1) is 11.3 Å². The maximum absolute atomic E-state index is 13.2. The van der Waals surface area contributed by atoms with Gasteiger partial charge >= 0.3 is 0 Å². The molecule has 4 aromatic rings. The van der Waals surface area contributed by atoms with Crippen LogP contribution in [0.4, 0.5) is 4.39 Å². The minimum atomic E-state index is -0.452. The standard InChI is InChI=1S/C21H18FN3O3S2/c1-12(18(26)23-10-15-4-3-9-28-15)30-21-24-19-17(20(27)25(21)2)16(11-29-19)13-5-7-14(22)8-6-13/h3-9,11-12H,10H2,1-2H3,(H,23,26)/t12-/m1/s1. The molecule has 1 aromatic carbocycles. The number of rotatable bonds is 6. The zero-order valence-electron chi connectivity index (χ0n) is 16.2. The van der Waals surface area contributed by atoms with Crippen LogP contribution < -0.4 is 10.9 Å². The maximum Gasteiger partial charge on any atom is 0.263 e. The molecule has 0 bridgehead atoms. The maximum atomic E-state index is 13.2. The molecule has 0 aliphatic heterocycles. The number of aromatic nitrogens is 2. The number of amides is 1. The third-order valence-electron chi connectivity index (χ3n) is 4.60. The molecule has 0 saturated carbocycles. The molecular formula is C21H18FN3O3S2. The Kier molecular flexibility index (Phi) is 5.74. The van der Waals surface area contributed by atoms with E-state index in [1.165, 1.54) is 39.8 Å². The van der Waals surface area contributed by atoms with Crippen LogP contribution in [0.15, 0.2) is 62.4 Å². The highest BCUT2D eigenvalue weighted by atomic mass is 32.2. The Labute approximate surface area is 179 Å². The second-order valence-corrected chi connectivity index (χ2v) is 8.82. The van der Waals surface area contributed by atoms with E-state index in [9.17, 15) is 14.0 Å². The number of furan rings is 1. The molecule has 30 heavy (non-hydrogen) atoms. The van der Waals surface area contributed by atoms with Gasteiger partial charge in [-0.25, -0.2) is 9.37 Å². The molecule has 3 heterocycles. The lowest BCUT2D eigenvalue weighted by Crippen LogP contribution is -2.31. The van der Waals surface area contributed by atoms with Gasteiger partial charge in [-0.1, -0.05) is 23.9 Å². The summed E-state index contributed by atoms with van der Waals surface area (Å²) >= 11 is 2.57. The van der Waals surface area contributed by atoms with Gasteiger partial charge in [0.15, 0.2) is 5.16 Å². The minimum absolute atomic E-state index is 0.177. The Bertz CT molecular complexity index is 1250. The Balaban J connectivity index is 1.58. The van der Waals surface area contributed by atoms with E-state index in [1.807, 2.05) is 5.38 Å². The molecular weight excluding hydrogens is 425 g/mol. The van der Waals surface area contributed by atoms with Gasteiger partial charge in [0.05, 0.1) is 23.4 Å². The molecule has 0 fully saturated rings. The average Bonchev–Trinajstić information content (AvgIpc) is 3.40. The summed E-state index contributed by atoms with van der Waals surface area (Å²) in [6.07, 6.45) is 1.55. The minimum Gasteiger partial charge on any atom is -0.467 e. The molecule has 1 N–H and O–H groups in total. The average molecular weight is 444 g/mol. The lowest BCUT2D eigenvalue weighted by atomic mass is 10.1. The molecule has 0 radical (unpaired) electrons. The second kappa shape index (κ2) is 8.45.